The quantitative estimate of drug-likeness (QED) is 0.159. The molecule has 0 spiro atoms. The molecule has 5 rings (SSSR count). The van der Waals surface area contributed by atoms with Gasteiger partial charge in [-0.15, -0.1) is 11.8 Å². The molecule has 1 amide bonds. The number of carbonyl (C=O) groups is 1. The molecular formula is C34H30N2O4S2. The van der Waals surface area contributed by atoms with Gasteiger partial charge in [0.25, 0.3) is 15.9 Å². The maximum atomic E-state index is 14.0. The second kappa shape index (κ2) is 13.4. The molecule has 0 aliphatic heterocycles. The lowest BCUT2D eigenvalue weighted by molar-refractivity contribution is 0.102. The van der Waals surface area contributed by atoms with Crippen LogP contribution in [0, 0.1) is 0 Å². The number of carbonyl (C=O) groups excluding carboxylic acids is 1. The molecule has 0 fully saturated rings. The van der Waals surface area contributed by atoms with Crippen molar-refractivity contribution >= 4 is 39.1 Å². The van der Waals surface area contributed by atoms with Crippen molar-refractivity contribution < 1.29 is 17.9 Å². The maximum absolute atomic E-state index is 14.0. The zero-order chi connectivity index (χ0) is 29.4. The lowest BCUT2D eigenvalue weighted by Crippen LogP contribution is -2.32. The largest absolute Gasteiger partial charge is 0.497 e. The highest BCUT2D eigenvalue weighted by atomic mass is 32.2. The van der Waals surface area contributed by atoms with Crippen molar-refractivity contribution in [3.63, 3.8) is 0 Å². The fraction of sp³-hybridized carbons (Fsp3) is 0.0882. The SMILES string of the molecule is COc1ccc(S(=O)(=O)N(Cc2ccccc2)c2ccccc2C(=O)Nc2ccc(CSc3ccccc3)cc2)cc1. The molecule has 0 saturated heterocycles. The summed E-state index contributed by atoms with van der Waals surface area (Å²) in [4.78, 5) is 14.9. The lowest BCUT2D eigenvalue weighted by Gasteiger charge is -2.26. The summed E-state index contributed by atoms with van der Waals surface area (Å²) in [6.07, 6.45) is 0. The van der Waals surface area contributed by atoms with Gasteiger partial charge in [0.05, 0.1) is 29.8 Å². The molecule has 1 N–H and O–H groups in total. The van der Waals surface area contributed by atoms with Gasteiger partial charge in [0.15, 0.2) is 0 Å². The average molecular weight is 595 g/mol. The van der Waals surface area contributed by atoms with Crippen molar-refractivity contribution in [2.75, 3.05) is 16.7 Å². The number of methoxy groups -OCH3 is 1. The minimum absolute atomic E-state index is 0.0489. The molecule has 0 saturated carbocycles. The number of hydrogen-bond acceptors (Lipinski definition) is 5. The summed E-state index contributed by atoms with van der Waals surface area (Å²) >= 11 is 1.74. The molecule has 42 heavy (non-hydrogen) atoms. The van der Waals surface area contributed by atoms with Crippen molar-refractivity contribution in [1.29, 1.82) is 0 Å². The van der Waals surface area contributed by atoms with Gasteiger partial charge in [-0.1, -0.05) is 72.8 Å². The van der Waals surface area contributed by atoms with E-state index in [9.17, 15) is 13.2 Å². The Labute approximate surface area is 251 Å². The number of rotatable bonds is 11. The van der Waals surface area contributed by atoms with Crippen molar-refractivity contribution in [2.24, 2.45) is 0 Å². The Hall–Kier alpha value is -4.53. The van der Waals surface area contributed by atoms with Gasteiger partial charge in [-0.25, -0.2) is 8.42 Å². The monoisotopic (exact) mass is 594 g/mol. The van der Waals surface area contributed by atoms with E-state index >= 15 is 0 Å². The second-order valence-electron chi connectivity index (χ2n) is 9.44. The zero-order valence-electron chi connectivity index (χ0n) is 23.0. The summed E-state index contributed by atoms with van der Waals surface area (Å²) in [5, 5.41) is 2.94. The first-order valence-electron chi connectivity index (χ1n) is 13.3. The molecule has 0 aromatic heterocycles. The lowest BCUT2D eigenvalue weighted by atomic mass is 10.1. The van der Waals surface area contributed by atoms with Gasteiger partial charge < -0.3 is 10.1 Å². The Balaban J connectivity index is 1.41. The smallest absolute Gasteiger partial charge is 0.264 e. The highest BCUT2D eigenvalue weighted by Gasteiger charge is 2.28. The number of anilines is 2. The Bertz CT molecular complexity index is 1730. The van der Waals surface area contributed by atoms with E-state index in [4.69, 9.17) is 4.74 Å². The molecule has 6 nitrogen and oxygen atoms in total. The van der Waals surface area contributed by atoms with E-state index in [0.717, 1.165) is 16.9 Å². The highest BCUT2D eigenvalue weighted by molar-refractivity contribution is 7.98. The molecule has 0 radical (unpaired) electrons. The van der Waals surface area contributed by atoms with E-state index in [1.54, 1.807) is 48.2 Å². The third kappa shape index (κ3) is 7.02. The van der Waals surface area contributed by atoms with Crippen LogP contribution in [0.5, 0.6) is 5.75 Å². The predicted molar refractivity (Wildman–Crippen MR) is 170 cm³/mol. The van der Waals surface area contributed by atoms with Crippen molar-refractivity contribution in [1.82, 2.24) is 0 Å². The summed E-state index contributed by atoms with van der Waals surface area (Å²) in [5.74, 6) is 0.951. The van der Waals surface area contributed by atoms with Gasteiger partial charge in [-0.2, -0.15) is 0 Å². The molecule has 0 aliphatic carbocycles. The van der Waals surface area contributed by atoms with Gasteiger partial charge in [0, 0.05) is 16.3 Å². The van der Waals surface area contributed by atoms with Gasteiger partial charge in [0.1, 0.15) is 5.75 Å². The summed E-state index contributed by atoms with van der Waals surface area (Å²) in [5.41, 5.74) is 3.06. The number of hydrogen-bond donors (Lipinski definition) is 1. The molecule has 5 aromatic rings. The van der Waals surface area contributed by atoms with Crippen LogP contribution in [-0.2, 0) is 22.3 Å². The van der Waals surface area contributed by atoms with Crippen LogP contribution in [0.15, 0.2) is 143 Å². The summed E-state index contributed by atoms with van der Waals surface area (Å²) < 4.78 is 34.5. The summed E-state index contributed by atoms with van der Waals surface area (Å²) in [6, 6.07) is 40.1. The number of amides is 1. The van der Waals surface area contributed by atoms with E-state index in [2.05, 4.69) is 17.4 Å². The van der Waals surface area contributed by atoms with Crippen LogP contribution in [0.1, 0.15) is 21.5 Å². The zero-order valence-corrected chi connectivity index (χ0v) is 24.6. The van der Waals surface area contributed by atoms with Gasteiger partial charge in [0.2, 0.25) is 0 Å². The fourth-order valence-electron chi connectivity index (χ4n) is 4.37. The van der Waals surface area contributed by atoms with E-state index in [1.165, 1.54) is 28.4 Å². The van der Waals surface area contributed by atoms with Crippen molar-refractivity contribution in [2.45, 2.75) is 22.1 Å². The van der Waals surface area contributed by atoms with E-state index < -0.39 is 15.9 Å². The van der Waals surface area contributed by atoms with E-state index in [-0.39, 0.29) is 22.7 Å². The third-order valence-corrected chi connectivity index (χ3v) is 9.45. The van der Waals surface area contributed by atoms with Crippen LogP contribution in [0.4, 0.5) is 11.4 Å². The van der Waals surface area contributed by atoms with Gasteiger partial charge >= 0.3 is 0 Å². The Morgan fingerprint density at radius 2 is 1.36 bits per heavy atom. The minimum Gasteiger partial charge on any atom is -0.497 e. The second-order valence-corrected chi connectivity index (χ2v) is 12.4. The Morgan fingerprint density at radius 3 is 2.02 bits per heavy atom. The normalized spacial score (nSPS) is 11.1. The van der Waals surface area contributed by atoms with Crippen molar-refractivity contribution in [3.05, 3.63) is 150 Å². The summed E-state index contributed by atoms with van der Waals surface area (Å²) in [7, 11) is -2.52. The molecule has 0 aliphatic rings. The number of ether oxygens (including phenoxy) is 1. The molecule has 0 heterocycles. The first kappa shape index (κ1) is 29.0. The van der Waals surface area contributed by atoms with Crippen LogP contribution >= 0.6 is 11.8 Å². The summed E-state index contributed by atoms with van der Waals surface area (Å²) in [6.45, 7) is 0.0489. The van der Waals surface area contributed by atoms with Crippen molar-refractivity contribution in [3.8, 4) is 5.75 Å². The van der Waals surface area contributed by atoms with Gasteiger partial charge in [-0.3, -0.25) is 9.10 Å². The van der Waals surface area contributed by atoms with Crippen LogP contribution in [0.3, 0.4) is 0 Å². The Morgan fingerprint density at radius 1 is 0.738 bits per heavy atom. The topological polar surface area (TPSA) is 75.7 Å². The van der Waals surface area contributed by atoms with Crippen LogP contribution in [-0.4, -0.2) is 21.4 Å². The average Bonchev–Trinajstić information content (AvgIpc) is 3.04. The fourth-order valence-corrected chi connectivity index (χ4v) is 6.72. The Kier molecular flexibility index (Phi) is 9.26. The van der Waals surface area contributed by atoms with E-state index in [0.29, 0.717) is 11.4 Å². The highest BCUT2D eigenvalue weighted by Crippen LogP contribution is 2.31. The number of nitrogens with zero attached hydrogens (tertiary/aromatic N) is 1. The van der Waals surface area contributed by atoms with Crippen LogP contribution < -0.4 is 14.4 Å². The number of sulfonamides is 1. The van der Waals surface area contributed by atoms with Crippen LogP contribution in [0.25, 0.3) is 0 Å². The molecular weight excluding hydrogens is 565 g/mol. The molecule has 0 bridgehead atoms. The first-order chi connectivity index (χ1) is 20.4. The third-order valence-electron chi connectivity index (χ3n) is 6.59. The maximum Gasteiger partial charge on any atom is 0.264 e. The molecule has 8 heteroatoms. The van der Waals surface area contributed by atoms with Gasteiger partial charge in [-0.05, 0) is 71.8 Å². The molecule has 212 valence electrons. The number of nitrogens with one attached hydrogen (secondary N) is 1. The number of benzene rings is 5. The van der Waals surface area contributed by atoms with E-state index in [1.807, 2.05) is 72.8 Å². The number of thioether (sulfide) groups is 1. The number of para-hydroxylation sites is 1. The molecule has 0 unspecified atom stereocenters. The van der Waals surface area contributed by atoms with Crippen LogP contribution in [0.2, 0.25) is 0 Å². The molecule has 5 aromatic carbocycles. The minimum atomic E-state index is -4.05. The first-order valence-corrected chi connectivity index (χ1v) is 15.7. The standard InChI is InChI=1S/C34H30N2O4S2/c1-40-29-20-22-31(23-21-29)42(38,39)36(24-26-10-4-2-5-11-26)33-15-9-8-14-32(33)34(37)35-28-18-16-27(17-19-28)25-41-30-12-6-3-7-13-30/h2-23H,24-25H2,1H3,(H,35,37). The molecule has 0 atom stereocenters. The predicted octanol–water partition coefficient (Wildman–Crippen LogP) is 7.64.